The lowest BCUT2D eigenvalue weighted by Gasteiger charge is -2.34. The maximum Gasteiger partial charge on any atom is 0.0465 e. The van der Waals surface area contributed by atoms with Crippen LogP contribution in [0.4, 0.5) is 0 Å². The highest BCUT2D eigenvalue weighted by atomic mass is 35.5. The highest BCUT2D eigenvalue weighted by Crippen LogP contribution is 2.22. The van der Waals surface area contributed by atoms with E-state index in [1.165, 1.54) is 5.56 Å². The van der Waals surface area contributed by atoms with Crippen LogP contribution in [0.25, 0.3) is 0 Å². The molecule has 0 atom stereocenters. The fourth-order valence-corrected chi connectivity index (χ4v) is 3.31. The van der Waals surface area contributed by atoms with Gasteiger partial charge in [0.25, 0.3) is 0 Å². The average molecular weight is 372 g/mol. The number of piperazine rings is 1. The van der Waals surface area contributed by atoms with E-state index in [9.17, 15) is 0 Å². The molecular formula is C18H21Cl3N2. The summed E-state index contributed by atoms with van der Waals surface area (Å²) in [6.45, 7) is 6.28. The third kappa shape index (κ3) is 5.37. The van der Waals surface area contributed by atoms with Crippen molar-refractivity contribution in [3.8, 4) is 0 Å². The van der Waals surface area contributed by atoms with Crippen LogP contribution in [0.1, 0.15) is 11.1 Å². The summed E-state index contributed by atoms with van der Waals surface area (Å²) in [5.74, 6) is 0. The fraction of sp³-hybridized carbons (Fsp3) is 0.333. The smallest absolute Gasteiger partial charge is 0.0465 e. The lowest BCUT2D eigenvalue weighted by molar-refractivity contribution is 0.122. The van der Waals surface area contributed by atoms with Crippen molar-refractivity contribution in [3.63, 3.8) is 0 Å². The van der Waals surface area contributed by atoms with Gasteiger partial charge in [-0.3, -0.25) is 9.80 Å². The Bertz CT molecular complexity index is 611. The summed E-state index contributed by atoms with van der Waals surface area (Å²) in [7, 11) is 0. The molecule has 0 spiro atoms. The molecule has 2 aromatic rings. The highest BCUT2D eigenvalue weighted by molar-refractivity contribution is 6.35. The molecule has 23 heavy (non-hydrogen) atoms. The van der Waals surface area contributed by atoms with Crippen LogP contribution in [0.15, 0.2) is 48.5 Å². The van der Waals surface area contributed by atoms with E-state index >= 15 is 0 Å². The minimum atomic E-state index is 0. The first kappa shape index (κ1) is 18.6. The molecule has 1 aliphatic rings. The van der Waals surface area contributed by atoms with Crippen molar-refractivity contribution in [1.82, 2.24) is 9.80 Å². The molecule has 1 heterocycles. The molecule has 2 nitrogen and oxygen atoms in total. The summed E-state index contributed by atoms with van der Waals surface area (Å²) in [5, 5.41) is 1.46. The van der Waals surface area contributed by atoms with Gasteiger partial charge in [0.2, 0.25) is 0 Å². The van der Waals surface area contributed by atoms with Crippen molar-refractivity contribution < 1.29 is 0 Å². The Morgan fingerprint density at radius 1 is 0.783 bits per heavy atom. The normalized spacial score (nSPS) is 16.1. The summed E-state index contributed by atoms with van der Waals surface area (Å²) < 4.78 is 0. The Morgan fingerprint density at radius 2 is 1.39 bits per heavy atom. The van der Waals surface area contributed by atoms with E-state index in [0.717, 1.165) is 49.9 Å². The number of nitrogens with zero attached hydrogens (tertiary/aromatic N) is 2. The van der Waals surface area contributed by atoms with Crippen LogP contribution >= 0.6 is 35.6 Å². The first-order chi connectivity index (χ1) is 10.7. The van der Waals surface area contributed by atoms with E-state index < -0.39 is 0 Å². The Morgan fingerprint density at radius 3 is 2.00 bits per heavy atom. The zero-order chi connectivity index (χ0) is 15.4. The highest BCUT2D eigenvalue weighted by Gasteiger charge is 2.17. The van der Waals surface area contributed by atoms with Gasteiger partial charge in [-0.15, -0.1) is 12.4 Å². The standard InChI is InChI=1S/C18H20Cl2N2.ClH/c19-17-7-6-16(18(20)12-17)14-22-10-8-21(9-11-22)13-15-4-2-1-3-5-15;/h1-7,12H,8-11,13-14H2;1H. The molecule has 0 N–H and O–H groups in total. The SMILES string of the molecule is Cl.Clc1ccc(CN2CCN(Cc3ccccc3)CC2)c(Cl)c1. The van der Waals surface area contributed by atoms with Crippen molar-refractivity contribution in [3.05, 3.63) is 69.7 Å². The molecule has 0 bridgehead atoms. The topological polar surface area (TPSA) is 6.48 Å². The van der Waals surface area contributed by atoms with Crippen molar-refractivity contribution in [2.45, 2.75) is 13.1 Å². The largest absolute Gasteiger partial charge is 0.297 e. The molecule has 0 saturated carbocycles. The molecule has 5 heteroatoms. The maximum atomic E-state index is 6.26. The molecule has 1 aliphatic heterocycles. The third-order valence-corrected chi connectivity index (χ3v) is 4.71. The van der Waals surface area contributed by atoms with E-state index in [1.54, 1.807) is 0 Å². The van der Waals surface area contributed by atoms with Gasteiger partial charge in [0, 0.05) is 49.3 Å². The molecule has 1 saturated heterocycles. The summed E-state index contributed by atoms with van der Waals surface area (Å²) >= 11 is 12.2. The van der Waals surface area contributed by atoms with Gasteiger partial charge in [0.1, 0.15) is 0 Å². The zero-order valence-electron chi connectivity index (χ0n) is 12.9. The van der Waals surface area contributed by atoms with E-state index in [2.05, 4.69) is 40.1 Å². The first-order valence-corrected chi connectivity index (χ1v) is 8.39. The van der Waals surface area contributed by atoms with Crippen molar-refractivity contribution in [1.29, 1.82) is 0 Å². The lowest BCUT2D eigenvalue weighted by Crippen LogP contribution is -2.45. The molecular weight excluding hydrogens is 351 g/mol. The quantitative estimate of drug-likeness (QED) is 0.766. The molecule has 1 fully saturated rings. The van der Waals surface area contributed by atoms with Crippen molar-refractivity contribution in [2.75, 3.05) is 26.2 Å². The van der Waals surface area contributed by atoms with Crippen LogP contribution in [0.3, 0.4) is 0 Å². The van der Waals surface area contributed by atoms with Crippen LogP contribution in [0.2, 0.25) is 10.0 Å². The molecule has 124 valence electrons. The molecule has 2 aromatic carbocycles. The van der Waals surface area contributed by atoms with Crippen LogP contribution in [-0.4, -0.2) is 36.0 Å². The molecule has 3 rings (SSSR count). The van der Waals surface area contributed by atoms with E-state index in [4.69, 9.17) is 23.2 Å². The molecule has 0 radical (unpaired) electrons. The van der Waals surface area contributed by atoms with Gasteiger partial charge in [-0.05, 0) is 23.3 Å². The number of hydrogen-bond donors (Lipinski definition) is 0. The van der Waals surface area contributed by atoms with Crippen LogP contribution < -0.4 is 0 Å². The predicted octanol–water partition coefficient (Wildman–Crippen LogP) is 4.73. The van der Waals surface area contributed by atoms with Crippen molar-refractivity contribution >= 4 is 35.6 Å². The molecule has 0 aromatic heterocycles. The monoisotopic (exact) mass is 370 g/mol. The number of rotatable bonds is 4. The molecule has 0 unspecified atom stereocenters. The Balaban J connectivity index is 0.00000192. The van der Waals surface area contributed by atoms with E-state index in [1.807, 2.05) is 18.2 Å². The van der Waals surface area contributed by atoms with Crippen LogP contribution in [0, 0.1) is 0 Å². The second-order valence-corrected chi connectivity index (χ2v) is 6.62. The van der Waals surface area contributed by atoms with Crippen LogP contribution in [0.5, 0.6) is 0 Å². The van der Waals surface area contributed by atoms with Gasteiger partial charge in [0.15, 0.2) is 0 Å². The van der Waals surface area contributed by atoms with E-state index in [-0.39, 0.29) is 12.4 Å². The number of hydrogen-bond acceptors (Lipinski definition) is 2. The average Bonchev–Trinajstić information content (AvgIpc) is 2.53. The lowest BCUT2D eigenvalue weighted by atomic mass is 10.1. The van der Waals surface area contributed by atoms with Gasteiger partial charge in [-0.2, -0.15) is 0 Å². The maximum absolute atomic E-state index is 6.26. The second kappa shape index (κ2) is 8.91. The van der Waals surface area contributed by atoms with Gasteiger partial charge in [0.05, 0.1) is 0 Å². The van der Waals surface area contributed by atoms with Crippen molar-refractivity contribution in [2.24, 2.45) is 0 Å². The zero-order valence-corrected chi connectivity index (χ0v) is 15.2. The number of halogens is 3. The van der Waals surface area contributed by atoms with Gasteiger partial charge >= 0.3 is 0 Å². The summed E-state index contributed by atoms with van der Waals surface area (Å²) in [6.07, 6.45) is 0. The predicted molar refractivity (Wildman–Crippen MR) is 101 cm³/mol. The van der Waals surface area contributed by atoms with E-state index in [0.29, 0.717) is 5.02 Å². The summed E-state index contributed by atoms with van der Waals surface area (Å²) in [5.41, 5.74) is 2.54. The fourth-order valence-electron chi connectivity index (χ4n) is 2.84. The van der Waals surface area contributed by atoms with Crippen LogP contribution in [-0.2, 0) is 13.1 Å². The van der Waals surface area contributed by atoms with Gasteiger partial charge < -0.3 is 0 Å². The first-order valence-electron chi connectivity index (χ1n) is 7.63. The molecule has 0 aliphatic carbocycles. The number of benzene rings is 2. The minimum Gasteiger partial charge on any atom is -0.297 e. The Labute approximate surface area is 154 Å². The summed E-state index contributed by atoms with van der Waals surface area (Å²) in [6, 6.07) is 16.4. The third-order valence-electron chi connectivity index (χ3n) is 4.12. The van der Waals surface area contributed by atoms with Gasteiger partial charge in [-0.25, -0.2) is 0 Å². The minimum absolute atomic E-state index is 0. The second-order valence-electron chi connectivity index (χ2n) is 5.77. The van der Waals surface area contributed by atoms with Gasteiger partial charge in [-0.1, -0.05) is 59.6 Å². The Kier molecular flexibility index (Phi) is 7.19. The summed E-state index contributed by atoms with van der Waals surface area (Å²) in [4.78, 5) is 4.96. The Hall–Kier alpha value is -0.770. The molecule has 0 amide bonds.